The van der Waals surface area contributed by atoms with Crippen LogP contribution in [0.15, 0.2) is 18.2 Å². The summed E-state index contributed by atoms with van der Waals surface area (Å²) in [7, 11) is 0. The van der Waals surface area contributed by atoms with Crippen LogP contribution < -0.4 is 11.5 Å². The minimum absolute atomic E-state index is 0.194. The Labute approximate surface area is 113 Å². The zero-order chi connectivity index (χ0) is 14.0. The maximum absolute atomic E-state index is 11.6. The van der Waals surface area contributed by atoms with Gasteiger partial charge in [0.2, 0.25) is 11.8 Å². The number of rotatable bonds is 3. The van der Waals surface area contributed by atoms with Crippen molar-refractivity contribution in [2.45, 2.75) is 38.5 Å². The number of hydrogen-bond acceptors (Lipinski definition) is 2. The molecule has 2 rings (SSSR count). The van der Waals surface area contributed by atoms with E-state index in [1.807, 2.05) is 0 Å². The second-order valence-electron chi connectivity index (χ2n) is 5.36. The Morgan fingerprint density at radius 1 is 1.05 bits per heavy atom. The monoisotopic (exact) mass is 260 g/mol. The normalized spacial score (nSPS) is 23.0. The summed E-state index contributed by atoms with van der Waals surface area (Å²) in [5.41, 5.74) is 12.5. The molecule has 0 spiro atoms. The molecule has 1 fully saturated rings. The van der Waals surface area contributed by atoms with E-state index in [-0.39, 0.29) is 5.92 Å². The third kappa shape index (κ3) is 2.62. The number of primary amides is 2. The quantitative estimate of drug-likeness (QED) is 0.872. The molecule has 2 unspecified atom stereocenters. The lowest BCUT2D eigenvalue weighted by Crippen LogP contribution is -2.25. The Bertz CT molecular complexity index is 479. The first-order chi connectivity index (χ1) is 9.02. The summed E-state index contributed by atoms with van der Waals surface area (Å²) in [6.07, 6.45) is 4.39. The molecule has 0 aliphatic heterocycles. The molecule has 19 heavy (non-hydrogen) atoms. The fraction of sp³-hybridized carbons (Fsp3) is 0.467. The first-order valence-corrected chi connectivity index (χ1v) is 6.75. The van der Waals surface area contributed by atoms with Crippen molar-refractivity contribution in [2.24, 2.45) is 17.4 Å². The summed E-state index contributed by atoms with van der Waals surface area (Å²) >= 11 is 0. The lowest BCUT2D eigenvalue weighted by molar-refractivity contribution is 0.0997. The van der Waals surface area contributed by atoms with Gasteiger partial charge in [0.25, 0.3) is 0 Å². The molecule has 102 valence electrons. The first-order valence-electron chi connectivity index (χ1n) is 6.75. The summed E-state index contributed by atoms with van der Waals surface area (Å²) in [6.45, 7) is 2.16. The maximum atomic E-state index is 11.6. The Hall–Kier alpha value is -1.84. The molecular weight excluding hydrogens is 240 g/mol. The number of carbonyl (C=O) groups is 2. The van der Waals surface area contributed by atoms with Crippen LogP contribution in [-0.2, 0) is 0 Å². The fourth-order valence-corrected chi connectivity index (χ4v) is 3.14. The highest BCUT2D eigenvalue weighted by molar-refractivity contribution is 6.01. The van der Waals surface area contributed by atoms with Crippen molar-refractivity contribution >= 4 is 11.8 Å². The van der Waals surface area contributed by atoms with Crippen molar-refractivity contribution in [3.63, 3.8) is 0 Å². The van der Waals surface area contributed by atoms with Gasteiger partial charge in [-0.25, -0.2) is 0 Å². The summed E-state index contributed by atoms with van der Waals surface area (Å²) in [5, 5.41) is 0. The Kier molecular flexibility index (Phi) is 3.88. The molecule has 1 aliphatic carbocycles. The van der Waals surface area contributed by atoms with Crippen LogP contribution in [0.25, 0.3) is 0 Å². The standard InChI is InChI=1S/C15H20N2O2/c1-9-5-2-3-6-10(9)13-11(14(16)18)7-4-8-12(13)15(17)19/h4,7-10H,2-3,5-6H2,1H3,(H2,16,18)(H2,17,19). The van der Waals surface area contributed by atoms with Crippen LogP contribution in [-0.4, -0.2) is 11.8 Å². The zero-order valence-electron chi connectivity index (χ0n) is 11.2. The fourth-order valence-electron chi connectivity index (χ4n) is 3.14. The van der Waals surface area contributed by atoms with E-state index in [2.05, 4.69) is 6.92 Å². The first kappa shape index (κ1) is 13.6. The van der Waals surface area contributed by atoms with Crippen LogP contribution in [0.4, 0.5) is 0 Å². The smallest absolute Gasteiger partial charge is 0.249 e. The van der Waals surface area contributed by atoms with Crippen molar-refractivity contribution in [1.82, 2.24) is 0 Å². The summed E-state index contributed by atoms with van der Waals surface area (Å²) in [6, 6.07) is 5.04. The topological polar surface area (TPSA) is 86.2 Å². The Morgan fingerprint density at radius 3 is 2.05 bits per heavy atom. The highest BCUT2D eigenvalue weighted by Crippen LogP contribution is 2.40. The van der Waals surface area contributed by atoms with Crippen molar-refractivity contribution < 1.29 is 9.59 Å². The second-order valence-corrected chi connectivity index (χ2v) is 5.36. The van der Waals surface area contributed by atoms with Crippen molar-refractivity contribution in [1.29, 1.82) is 0 Å². The summed E-state index contributed by atoms with van der Waals surface area (Å²) < 4.78 is 0. The molecule has 0 radical (unpaired) electrons. The zero-order valence-corrected chi connectivity index (χ0v) is 11.2. The van der Waals surface area contributed by atoms with E-state index >= 15 is 0 Å². The van der Waals surface area contributed by atoms with Gasteiger partial charge in [0, 0.05) is 11.1 Å². The maximum Gasteiger partial charge on any atom is 0.249 e. The Morgan fingerprint density at radius 2 is 1.58 bits per heavy atom. The number of carbonyl (C=O) groups excluding carboxylic acids is 2. The number of nitrogens with two attached hydrogens (primary N) is 2. The third-order valence-electron chi connectivity index (χ3n) is 4.12. The highest BCUT2D eigenvalue weighted by atomic mass is 16.1. The van der Waals surface area contributed by atoms with Gasteiger partial charge in [-0.2, -0.15) is 0 Å². The predicted octanol–water partition coefficient (Wildman–Crippen LogP) is 2.18. The molecule has 4 heteroatoms. The van der Waals surface area contributed by atoms with Gasteiger partial charge >= 0.3 is 0 Å². The van der Waals surface area contributed by atoms with Gasteiger partial charge in [-0.15, -0.1) is 0 Å². The molecular formula is C15H20N2O2. The largest absolute Gasteiger partial charge is 0.366 e. The minimum Gasteiger partial charge on any atom is -0.366 e. The third-order valence-corrected chi connectivity index (χ3v) is 4.12. The van der Waals surface area contributed by atoms with Crippen LogP contribution in [0.2, 0.25) is 0 Å². The molecule has 4 N–H and O–H groups in total. The van der Waals surface area contributed by atoms with E-state index in [0.29, 0.717) is 17.0 Å². The molecule has 2 amide bonds. The number of amides is 2. The molecule has 0 heterocycles. The lowest BCUT2D eigenvalue weighted by Gasteiger charge is -2.31. The predicted molar refractivity (Wildman–Crippen MR) is 73.9 cm³/mol. The van der Waals surface area contributed by atoms with Gasteiger partial charge < -0.3 is 11.5 Å². The lowest BCUT2D eigenvalue weighted by atomic mass is 9.73. The summed E-state index contributed by atoms with van der Waals surface area (Å²) in [4.78, 5) is 23.2. The number of hydrogen-bond donors (Lipinski definition) is 2. The van der Waals surface area contributed by atoms with Crippen LogP contribution in [0.1, 0.15) is 64.8 Å². The Balaban J connectivity index is 2.57. The van der Waals surface area contributed by atoms with Crippen LogP contribution in [0.3, 0.4) is 0 Å². The average molecular weight is 260 g/mol. The van der Waals surface area contributed by atoms with E-state index in [1.165, 1.54) is 6.42 Å². The van der Waals surface area contributed by atoms with Crippen LogP contribution in [0, 0.1) is 5.92 Å². The van der Waals surface area contributed by atoms with Gasteiger partial charge in [-0.1, -0.05) is 32.3 Å². The van der Waals surface area contributed by atoms with E-state index in [0.717, 1.165) is 24.8 Å². The minimum atomic E-state index is -0.490. The summed E-state index contributed by atoms with van der Waals surface area (Å²) in [5.74, 6) is -0.348. The molecule has 1 aromatic carbocycles. The van der Waals surface area contributed by atoms with Crippen LogP contribution >= 0.6 is 0 Å². The van der Waals surface area contributed by atoms with E-state index in [4.69, 9.17) is 11.5 Å². The van der Waals surface area contributed by atoms with Crippen LogP contribution in [0.5, 0.6) is 0 Å². The highest BCUT2D eigenvalue weighted by Gasteiger charge is 2.29. The molecule has 1 aliphatic rings. The van der Waals surface area contributed by atoms with Gasteiger partial charge in [-0.05, 0) is 36.0 Å². The van der Waals surface area contributed by atoms with Crippen molar-refractivity contribution in [3.05, 3.63) is 34.9 Å². The van der Waals surface area contributed by atoms with Crippen molar-refractivity contribution in [3.8, 4) is 0 Å². The molecule has 0 aromatic heterocycles. The van der Waals surface area contributed by atoms with E-state index in [1.54, 1.807) is 18.2 Å². The molecule has 0 saturated heterocycles. The molecule has 1 saturated carbocycles. The van der Waals surface area contributed by atoms with E-state index < -0.39 is 11.8 Å². The van der Waals surface area contributed by atoms with E-state index in [9.17, 15) is 9.59 Å². The second kappa shape index (κ2) is 5.43. The molecule has 2 atom stereocenters. The van der Waals surface area contributed by atoms with Gasteiger partial charge in [0.05, 0.1) is 0 Å². The van der Waals surface area contributed by atoms with Gasteiger partial charge in [-0.3, -0.25) is 9.59 Å². The van der Waals surface area contributed by atoms with Gasteiger partial charge in [0.1, 0.15) is 0 Å². The molecule has 1 aromatic rings. The van der Waals surface area contributed by atoms with Crippen molar-refractivity contribution in [2.75, 3.05) is 0 Å². The number of benzene rings is 1. The average Bonchev–Trinajstić information content (AvgIpc) is 2.38. The molecule has 4 nitrogen and oxygen atoms in total. The van der Waals surface area contributed by atoms with Gasteiger partial charge in [0.15, 0.2) is 0 Å². The molecule has 0 bridgehead atoms. The SMILES string of the molecule is CC1CCCCC1c1c(C(N)=O)cccc1C(N)=O.